The van der Waals surface area contributed by atoms with E-state index in [1.807, 2.05) is 0 Å². The molecule has 0 aliphatic carbocycles. The Morgan fingerprint density at radius 3 is 2.84 bits per heavy atom. The molecule has 1 fully saturated rings. The number of nitrogens with one attached hydrogen (secondary N) is 1. The first-order valence-electron chi connectivity index (χ1n) is 6.17. The number of rotatable bonds is 5. The van der Waals surface area contributed by atoms with E-state index in [9.17, 15) is 10.1 Å². The summed E-state index contributed by atoms with van der Waals surface area (Å²) < 4.78 is 5.29. The molecule has 0 aromatic heterocycles. The molecule has 0 atom stereocenters. The van der Waals surface area contributed by atoms with Gasteiger partial charge in [0.1, 0.15) is 5.69 Å². The highest BCUT2D eigenvalue weighted by Gasteiger charge is 2.17. The third-order valence-electron chi connectivity index (χ3n) is 3.22. The third kappa shape index (κ3) is 3.82. The minimum Gasteiger partial charge on any atom is -0.381 e. The molecule has 0 amide bonds. The van der Waals surface area contributed by atoms with Crippen molar-refractivity contribution >= 4 is 23.3 Å². The van der Waals surface area contributed by atoms with Crippen molar-refractivity contribution in [1.82, 2.24) is 0 Å². The van der Waals surface area contributed by atoms with Gasteiger partial charge in [0.15, 0.2) is 0 Å². The Hall–Kier alpha value is -1.31. The highest BCUT2D eigenvalue weighted by Crippen LogP contribution is 2.29. The highest BCUT2D eigenvalue weighted by molar-refractivity contribution is 7.97. The Labute approximate surface area is 116 Å². The van der Waals surface area contributed by atoms with E-state index in [-0.39, 0.29) is 10.6 Å². The van der Waals surface area contributed by atoms with Gasteiger partial charge in [-0.1, -0.05) is 0 Å². The van der Waals surface area contributed by atoms with Crippen LogP contribution in [0.2, 0.25) is 0 Å². The molecule has 0 unspecified atom stereocenters. The van der Waals surface area contributed by atoms with E-state index >= 15 is 0 Å². The quantitative estimate of drug-likeness (QED) is 0.490. The van der Waals surface area contributed by atoms with Gasteiger partial charge in [0.2, 0.25) is 0 Å². The number of nitro groups is 1. The number of anilines is 1. The molecule has 1 aliphatic heterocycles. The standard InChI is InChI=1S/C12H17N3O3S/c13-19-10-1-2-11(12(7-10)15(16)17)14-8-9-3-5-18-6-4-9/h1-2,7,9,14H,3-6,8,13H2. The molecule has 1 heterocycles. The fourth-order valence-electron chi connectivity index (χ4n) is 2.09. The van der Waals surface area contributed by atoms with Crippen LogP contribution in [0.3, 0.4) is 0 Å². The molecule has 3 N–H and O–H groups in total. The maximum absolute atomic E-state index is 11.0. The Morgan fingerprint density at radius 2 is 2.21 bits per heavy atom. The summed E-state index contributed by atoms with van der Waals surface area (Å²) in [5, 5.41) is 19.6. The van der Waals surface area contributed by atoms with Crippen molar-refractivity contribution in [2.45, 2.75) is 17.7 Å². The lowest BCUT2D eigenvalue weighted by atomic mass is 10.0. The zero-order valence-electron chi connectivity index (χ0n) is 10.5. The Bertz CT molecular complexity index is 450. The molecule has 1 aromatic rings. The number of nitrogens with two attached hydrogens (primary N) is 1. The van der Waals surface area contributed by atoms with Gasteiger partial charge >= 0.3 is 0 Å². The second kappa shape index (κ2) is 6.74. The predicted molar refractivity (Wildman–Crippen MR) is 75.2 cm³/mol. The largest absolute Gasteiger partial charge is 0.381 e. The summed E-state index contributed by atoms with van der Waals surface area (Å²) in [6.07, 6.45) is 2.00. The average Bonchev–Trinajstić information content (AvgIpc) is 2.46. The zero-order chi connectivity index (χ0) is 13.7. The Balaban J connectivity index is 2.04. The van der Waals surface area contributed by atoms with E-state index < -0.39 is 0 Å². The molecule has 19 heavy (non-hydrogen) atoms. The molecule has 0 spiro atoms. The van der Waals surface area contributed by atoms with Gasteiger partial charge < -0.3 is 10.1 Å². The predicted octanol–water partition coefficient (Wildman–Crippen LogP) is 2.40. The van der Waals surface area contributed by atoms with E-state index in [0.717, 1.165) is 44.5 Å². The van der Waals surface area contributed by atoms with Crippen LogP contribution in [-0.4, -0.2) is 24.7 Å². The highest BCUT2D eigenvalue weighted by atomic mass is 32.2. The third-order valence-corrected chi connectivity index (χ3v) is 3.75. The number of benzene rings is 1. The van der Waals surface area contributed by atoms with Crippen LogP contribution in [0.4, 0.5) is 11.4 Å². The van der Waals surface area contributed by atoms with Crippen LogP contribution in [0.1, 0.15) is 12.8 Å². The molecule has 1 aromatic carbocycles. The van der Waals surface area contributed by atoms with Gasteiger partial charge in [0.25, 0.3) is 5.69 Å². The van der Waals surface area contributed by atoms with Gasteiger partial charge in [-0.25, -0.2) is 0 Å². The van der Waals surface area contributed by atoms with E-state index in [2.05, 4.69) is 5.32 Å². The van der Waals surface area contributed by atoms with Gasteiger partial charge in [-0.3, -0.25) is 15.3 Å². The number of ether oxygens (including phenoxy) is 1. The molecule has 104 valence electrons. The van der Waals surface area contributed by atoms with Crippen LogP contribution in [-0.2, 0) is 4.74 Å². The molecule has 1 aliphatic rings. The van der Waals surface area contributed by atoms with Gasteiger partial charge in [0.05, 0.1) is 4.92 Å². The lowest BCUT2D eigenvalue weighted by molar-refractivity contribution is -0.384. The minimum atomic E-state index is -0.383. The maximum atomic E-state index is 11.0. The van der Waals surface area contributed by atoms with E-state index in [4.69, 9.17) is 9.88 Å². The molecular weight excluding hydrogens is 266 g/mol. The second-order valence-corrected chi connectivity index (χ2v) is 5.20. The summed E-state index contributed by atoms with van der Waals surface area (Å²) >= 11 is 1.01. The molecule has 1 saturated heterocycles. The summed E-state index contributed by atoms with van der Waals surface area (Å²) in [6, 6.07) is 4.99. The normalized spacial score (nSPS) is 16.3. The molecule has 0 radical (unpaired) electrons. The Kier molecular flexibility index (Phi) is 5.00. The van der Waals surface area contributed by atoms with Crippen LogP contribution in [0.25, 0.3) is 0 Å². The van der Waals surface area contributed by atoms with Crippen LogP contribution in [0.5, 0.6) is 0 Å². The summed E-state index contributed by atoms with van der Waals surface area (Å²) in [4.78, 5) is 11.3. The van der Waals surface area contributed by atoms with Crippen molar-refractivity contribution in [2.75, 3.05) is 25.1 Å². The van der Waals surface area contributed by atoms with Crippen molar-refractivity contribution in [3.05, 3.63) is 28.3 Å². The van der Waals surface area contributed by atoms with Crippen LogP contribution in [0.15, 0.2) is 23.1 Å². The zero-order valence-corrected chi connectivity index (χ0v) is 11.3. The SMILES string of the molecule is NSc1ccc(NCC2CCOCC2)c([N+](=O)[O-])c1. The first kappa shape index (κ1) is 14.1. The van der Waals surface area contributed by atoms with Crippen molar-refractivity contribution in [3.63, 3.8) is 0 Å². The number of hydrogen-bond acceptors (Lipinski definition) is 6. The summed E-state index contributed by atoms with van der Waals surface area (Å²) in [5.41, 5.74) is 0.622. The van der Waals surface area contributed by atoms with Crippen molar-refractivity contribution in [2.24, 2.45) is 11.1 Å². The molecule has 6 nitrogen and oxygen atoms in total. The monoisotopic (exact) mass is 283 g/mol. The topological polar surface area (TPSA) is 90.4 Å². The lowest BCUT2D eigenvalue weighted by Crippen LogP contribution is -2.22. The fraction of sp³-hybridized carbons (Fsp3) is 0.500. The van der Waals surface area contributed by atoms with Gasteiger partial charge in [0, 0.05) is 30.7 Å². The first-order chi connectivity index (χ1) is 9.20. The van der Waals surface area contributed by atoms with E-state index in [0.29, 0.717) is 16.5 Å². The van der Waals surface area contributed by atoms with Crippen molar-refractivity contribution in [3.8, 4) is 0 Å². The number of hydrogen-bond donors (Lipinski definition) is 2. The van der Waals surface area contributed by atoms with Crippen LogP contribution in [0, 0.1) is 16.0 Å². The molecular formula is C12H17N3O3S. The molecule has 0 bridgehead atoms. The smallest absolute Gasteiger partial charge is 0.293 e. The average molecular weight is 283 g/mol. The second-order valence-electron chi connectivity index (χ2n) is 4.49. The van der Waals surface area contributed by atoms with Crippen molar-refractivity contribution in [1.29, 1.82) is 0 Å². The number of nitro benzene ring substituents is 1. The van der Waals surface area contributed by atoms with Gasteiger partial charge in [-0.15, -0.1) is 0 Å². The van der Waals surface area contributed by atoms with Gasteiger partial charge in [-0.05, 0) is 42.8 Å². The Morgan fingerprint density at radius 1 is 1.47 bits per heavy atom. The van der Waals surface area contributed by atoms with Crippen LogP contribution >= 0.6 is 11.9 Å². The lowest BCUT2D eigenvalue weighted by Gasteiger charge is -2.22. The van der Waals surface area contributed by atoms with E-state index in [1.165, 1.54) is 6.07 Å². The van der Waals surface area contributed by atoms with Crippen LogP contribution < -0.4 is 10.5 Å². The summed E-state index contributed by atoms with van der Waals surface area (Å²) in [6.45, 7) is 2.29. The fourth-order valence-corrected chi connectivity index (χ4v) is 2.42. The van der Waals surface area contributed by atoms with Crippen molar-refractivity contribution < 1.29 is 9.66 Å². The summed E-state index contributed by atoms with van der Waals surface area (Å²) in [5.74, 6) is 0.511. The summed E-state index contributed by atoms with van der Waals surface area (Å²) in [7, 11) is 0. The van der Waals surface area contributed by atoms with E-state index in [1.54, 1.807) is 12.1 Å². The first-order valence-corrected chi connectivity index (χ1v) is 7.05. The molecule has 7 heteroatoms. The molecule has 2 rings (SSSR count). The minimum absolute atomic E-state index is 0.0718. The maximum Gasteiger partial charge on any atom is 0.293 e. The molecule has 0 saturated carbocycles. The van der Waals surface area contributed by atoms with Gasteiger partial charge in [-0.2, -0.15) is 0 Å². The number of nitrogens with zero attached hydrogens (tertiary/aromatic N) is 1.